The highest BCUT2D eigenvalue weighted by Crippen LogP contribution is 2.47. The lowest BCUT2D eigenvalue weighted by Gasteiger charge is -2.17. The topological polar surface area (TPSA) is 53.4 Å². The van der Waals surface area contributed by atoms with E-state index in [-0.39, 0.29) is 6.73 Å². The number of halogens is 1. The van der Waals surface area contributed by atoms with Crippen LogP contribution in [0.4, 0.5) is 0 Å². The number of imidazole rings is 1. The molecule has 150 valence electrons. The number of benzene rings is 2. The number of hydrogen-bond donors (Lipinski definition) is 0. The summed E-state index contributed by atoms with van der Waals surface area (Å²) >= 11 is 6.25. The number of nitrogens with zero attached hydrogens (tertiary/aromatic N) is 2. The quantitative estimate of drug-likeness (QED) is 0.212. The molecule has 2 aromatic carbocycles. The maximum atomic E-state index is 11.8. The van der Waals surface area contributed by atoms with Crippen molar-refractivity contribution in [2.45, 2.75) is 32.4 Å². The molecule has 0 N–H and O–H groups in total. The number of para-hydroxylation sites is 1. The molecule has 2 heterocycles. The third-order valence-corrected chi connectivity index (χ3v) is 6.82. The monoisotopic (exact) mass is 426 g/mol. The Hall–Kier alpha value is -2.41. The number of carbonyl (C=O) groups is 1. The Morgan fingerprint density at radius 2 is 1.90 bits per heavy atom. The van der Waals surface area contributed by atoms with Crippen molar-refractivity contribution >= 4 is 26.0 Å². The van der Waals surface area contributed by atoms with E-state index in [1.54, 1.807) is 6.07 Å². The molecule has 3 aromatic rings. The van der Waals surface area contributed by atoms with Crippen molar-refractivity contribution in [1.82, 2.24) is 9.55 Å². The lowest BCUT2D eigenvalue weighted by molar-refractivity contribution is 0.0841. The second-order valence-electron chi connectivity index (χ2n) is 8.30. The van der Waals surface area contributed by atoms with E-state index in [2.05, 4.69) is 24.6 Å². The van der Waals surface area contributed by atoms with E-state index in [4.69, 9.17) is 21.1 Å². The molecule has 0 atom stereocenters. The second-order valence-corrected chi connectivity index (χ2v) is 14.4. The van der Waals surface area contributed by atoms with Crippen molar-refractivity contribution in [2.24, 2.45) is 0 Å². The highest BCUT2D eigenvalue weighted by molar-refractivity contribution is 6.76. The Morgan fingerprint density at radius 1 is 1.14 bits per heavy atom. The van der Waals surface area contributed by atoms with E-state index in [0.29, 0.717) is 34.6 Å². The minimum Gasteiger partial charge on any atom is -0.456 e. The third kappa shape index (κ3) is 4.01. The van der Waals surface area contributed by atoms with Gasteiger partial charge in [0.15, 0.2) is 12.1 Å². The summed E-state index contributed by atoms with van der Waals surface area (Å²) in [7, 11) is -1.20. The highest BCUT2D eigenvalue weighted by atomic mass is 35.5. The van der Waals surface area contributed by atoms with Crippen LogP contribution in [0.1, 0.15) is 10.6 Å². The normalized spacial score (nSPS) is 12.4. The molecule has 1 aromatic heterocycles. The van der Waals surface area contributed by atoms with Crippen LogP contribution in [0.25, 0.3) is 22.5 Å². The Morgan fingerprint density at radius 3 is 2.66 bits per heavy atom. The van der Waals surface area contributed by atoms with Crippen LogP contribution in [0, 0.1) is 0 Å². The van der Waals surface area contributed by atoms with Crippen LogP contribution in [0.2, 0.25) is 30.7 Å². The molecule has 1 aliphatic heterocycles. The van der Waals surface area contributed by atoms with E-state index in [1.807, 2.05) is 41.0 Å². The average Bonchev–Trinajstić information content (AvgIpc) is 2.98. The van der Waals surface area contributed by atoms with Crippen LogP contribution in [0.5, 0.6) is 11.5 Å². The fourth-order valence-electron chi connectivity index (χ4n) is 3.33. The lowest BCUT2D eigenvalue weighted by atomic mass is 10.0. The Balaban J connectivity index is 1.83. The first-order valence-electron chi connectivity index (χ1n) is 9.58. The van der Waals surface area contributed by atoms with Crippen molar-refractivity contribution < 1.29 is 14.3 Å². The number of carbonyl (C=O) groups excluding carboxylic acids is 1. The van der Waals surface area contributed by atoms with Gasteiger partial charge in [-0.25, -0.2) is 4.98 Å². The molecule has 0 bridgehead atoms. The number of fused-ring (bicyclic) bond motifs is 5. The van der Waals surface area contributed by atoms with Gasteiger partial charge in [-0.2, -0.15) is 0 Å². The van der Waals surface area contributed by atoms with Gasteiger partial charge in [0.05, 0.1) is 5.69 Å². The maximum absolute atomic E-state index is 11.8. The Labute approximate surface area is 176 Å². The van der Waals surface area contributed by atoms with Crippen molar-refractivity contribution in [3.05, 3.63) is 53.3 Å². The summed E-state index contributed by atoms with van der Waals surface area (Å²) < 4.78 is 13.9. The first kappa shape index (κ1) is 19.9. The zero-order valence-corrected chi connectivity index (χ0v) is 18.5. The van der Waals surface area contributed by atoms with Crippen LogP contribution in [0.3, 0.4) is 0 Å². The number of hydrogen-bond acceptors (Lipinski definition) is 4. The fraction of sp³-hybridized carbons (Fsp3) is 0.273. The van der Waals surface area contributed by atoms with Crippen LogP contribution in [0.15, 0.2) is 42.5 Å². The van der Waals surface area contributed by atoms with E-state index >= 15 is 0 Å². The van der Waals surface area contributed by atoms with Crippen molar-refractivity contribution in [2.75, 3.05) is 6.61 Å². The fourth-order valence-corrected chi connectivity index (χ4v) is 4.26. The third-order valence-electron chi connectivity index (χ3n) is 4.88. The van der Waals surface area contributed by atoms with Crippen molar-refractivity contribution in [1.29, 1.82) is 0 Å². The van der Waals surface area contributed by atoms with Gasteiger partial charge in [-0.05, 0) is 36.4 Å². The zero-order chi connectivity index (χ0) is 20.6. The molecule has 0 saturated heterocycles. The van der Waals surface area contributed by atoms with Crippen LogP contribution >= 0.6 is 11.6 Å². The minimum atomic E-state index is -1.20. The SMILES string of the molecule is C[Si](C)(C)CCOCn1c(C=O)nc2c1-c1ccccc1Oc1ccc(Cl)cc1-2. The molecule has 0 unspecified atom stereocenters. The van der Waals surface area contributed by atoms with Gasteiger partial charge in [-0.1, -0.05) is 43.4 Å². The summed E-state index contributed by atoms with van der Waals surface area (Å²) in [6.45, 7) is 7.84. The van der Waals surface area contributed by atoms with Gasteiger partial charge >= 0.3 is 0 Å². The smallest absolute Gasteiger partial charge is 0.185 e. The highest BCUT2D eigenvalue weighted by Gasteiger charge is 2.28. The molecular weight excluding hydrogens is 404 g/mol. The maximum Gasteiger partial charge on any atom is 0.185 e. The molecule has 5 nitrogen and oxygen atoms in total. The molecular formula is C22H23ClN2O3Si. The van der Waals surface area contributed by atoms with E-state index in [0.717, 1.165) is 29.2 Å². The molecule has 0 radical (unpaired) electrons. The van der Waals surface area contributed by atoms with Gasteiger partial charge in [0, 0.05) is 30.8 Å². The standard InChI is InChI=1S/C22H23ClN2O3Si/c1-29(2,3)11-10-27-14-25-20(13-26)24-21-17-12-15(23)8-9-19(17)28-18-7-5-4-6-16(18)22(21)25/h4-9,12-13H,10-11,14H2,1-3H3. The van der Waals surface area contributed by atoms with Gasteiger partial charge in [0.25, 0.3) is 0 Å². The van der Waals surface area contributed by atoms with Crippen LogP contribution < -0.4 is 4.74 Å². The molecule has 0 fully saturated rings. The van der Waals surface area contributed by atoms with E-state index in [1.165, 1.54) is 0 Å². The van der Waals surface area contributed by atoms with Crippen molar-refractivity contribution in [3.8, 4) is 34.0 Å². The van der Waals surface area contributed by atoms with Gasteiger partial charge in [-0.3, -0.25) is 9.36 Å². The number of aldehydes is 1. The molecule has 0 spiro atoms. The van der Waals surface area contributed by atoms with Crippen LogP contribution in [-0.2, 0) is 11.5 Å². The average molecular weight is 427 g/mol. The van der Waals surface area contributed by atoms with E-state index < -0.39 is 8.07 Å². The Kier molecular flexibility index (Phi) is 5.33. The summed E-state index contributed by atoms with van der Waals surface area (Å²) in [5.41, 5.74) is 3.09. The first-order valence-corrected chi connectivity index (χ1v) is 13.7. The summed E-state index contributed by atoms with van der Waals surface area (Å²) in [6.07, 6.45) is 0.768. The van der Waals surface area contributed by atoms with Gasteiger partial charge < -0.3 is 9.47 Å². The summed E-state index contributed by atoms with van der Waals surface area (Å²) in [4.78, 5) is 16.4. The zero-order valence-electron chi connectivity index (χ0n) is 16.7. The molecule has 4 rings (SSSR count). The predicted molar refractivity (Wildman–Crippen MR) is 118 cm³/mol. The van der Waals surface area contributed by atoms with Crippen molar-refractivity contribution in [3.63, 3.8) is 0 Å². The van der Waals surface area contributed by atoms with Crippen LogP contribution in [-0.4, -0.2) is 30.5 Å². The molecule has 0 amide bonds. The Bertz CT molecular complexity index is 1070. The van der Waals surface area contributed by atoms with Gasteiger partial charge in [0.2, 0.25) is 0 Å². The number of rotatable bonds is 6. The number of aromatic nitrogens is 2. The summed E-state index contributed by atoms with van der Waals surface area (Å²) in [5.74, 6) is 1.68. The van der Waals surface area contributed by atoms with Gasteiger partial charge in [-0.15, -0.1) is 0 Å². The van der Waals surface area contributed by atoms with Gasteiger partial charge in [0.1, 0.15) is 23.9 Å². The molecule has 0 saturated carbocycles. The summed E-state index contributed by atoms with van der Waals surface area (Å²) in [6, 6.07) is 14.2. The number of ether oxygens (including phenoxy) is 2. The minimum absolute atomic E-state index is 0.255. The lowest BCUT2D eigenvalue weighted by Crippen LogP contribution is -2.22. The predicted octanol–water partition coefficient (Wildman–Crippen LogP) is 6.10. The molecule has 0 aliphatic carbocycles. The molecule has 29 heavy (non-hydrogen) atoms. The second kappa shape index (κ2) is 7.78. The molecule has 1 aliphatic rings. The first-order chi connectivity index (χ1) is 13.9. The van der Waals surface area contributed by atoms with E-state index in [9.17, 15) is 4.79 Å². The molecule has 7 heteroatoms. The summed E-state index contributed by atoms with van der Waals surface area (Å²) in [5, 5.41) is 0.581. The largest absolute Gasteiger partial charge is 0.456 e.